The molecule has 0 radical (unpaired) electrons. The highest BCUT2D eigenvalue weighted by Crippen LogP contribution is 2.45. The van der Waals surface area contributed by atoms with E-state index in [-0.39, 0.29) is 0 Å². The van der Waals surface area contributed by atoms with E-state index in [1.165, 1.54) is 28.3 Å². The second-order valence-corrected chi connectivity index (χ2v) is 6.71. The Balaban J connectivity index is 2.19. The molecule has 0 atom stereocenters. The Kier molecular flexibility index (Phi) is 3.14. The molecule has 0 spiro atoms. The summed E-state index contributed by atoms with van der Waals surface area (Å²) in [5.41, 5.74) is 3.01. The van der Waals surface area contributed by atoms with Crippen LogP contribution in [0.3, 0.4) is 0 Å². The average molecular weight is 271 g/mol. The van der Waals surface area contributed by atoms with Crippen LogP contribution in [0.25, 0.3) is 16.3 Å². The maximum Gasteiger partial charge on any atom is 0.0219 e. The van der Waals surface area contributed by atoms with Gasteiger partial charge in [-0.15, -0.1) is 0 Å². The Bertz CT molecular complexity index is 644. The van der Waals surface area contributed by atoms with Crippen LogP contribution in [-0.4, -0.2) is 0 Å². The van der Waals surface area contributed by atoms with Crippen LogP contribution in [0.1, 0.15) is 38.7 Å². The predicted molar refractivity (Wildman–Crippen MR) is 84.4 cm³/mol. The second kappa shape index (κ2) is 4.68. The molecule has 0 fully saturated rings. The van der Waals surface area contributed by atoms with Crippen molar-refractivity contribution in [1.29, 1.82) is 0 Å². The van der Waals surface area contributed by atoms with Gasteiger partial charge in [0.2, 0.25) is 0 Å². The van der Waals surface area contributed by atoms with Gasteiger partial charge in [-0.1, -0.05) is 67.9 Å². The fraction of sp³-hybridized carbons (Fsp3) is 0.333. The number of rotatable bonds is 1. The summed E-state index contributed by atoms with van der Waals surface area (Å²) in [6.45, 7) is 4.67. The first-order chi connectivity index (χ1) is 9.07. The SMILES string of the molecule is CC1(C)CCC(Cl)=C(c2cccc3ccccc23)C1. The van der Waals surface area contributed by atoms with E-state index in [0.29, 0.717) is 5.41 Å². The molecular weight excluding hydrogens is 252 g/mol. The van der Waals surface area contributed by atoms with Gasteiger partial charge in [0.05, 0.1) is 0 Å². The molecule has 0 bridgehead atoms. The van der Waals surface area contributed by atoms with Crippen molar-refractivity contribution >= 4 is 27.9 Å². The zero-order valence-electron chi connectivity index (χ0n) is 11.5. The molecule has 0 amide bonds. The molecule has 2 aromatic rings. The Morgan fingerprint density at radius 3 is 2.58 bits per heavy atom. The van der Waals surface area contributed by atoms with Crippen LogP contribution in [0.15, 0.2) is 47.5 Å². The number of hydrogen-bond acceptors (Lipinski definition) is 0. The smallest absolute Gasteiger partial charge is 0.0219 e. The molecule has 2 aromatic carbocycles. The summed E-state index contributed by atoms with van der Waals surface area (Å²) in [5.74, 6) is 0. The third-order valence-electron chi connectivity index (χ3n) is 4.12. The molecule has 0 aliphatic heterocycles. The lowest BCUT2D eigenvalue weighted by molar-refractivity contribution is 0.336. The summed E-state index contributed by atoms with van der Waals surface area (Å²) >= 11 is 6.52. The zero-order valence-corrected chi connectivity index (χ0v) is 12.3. The first kappa shape index (κ1) is 12.7. The number of hydrogen-bond donors (Lipinski definition) is 0. The summed E-state index contributed by atoms with van der Waals surface area (Å²) in [6.07, 6.45) is 3.26. The van der Waals surface area contributed by atoms with Crippen molar-refractivity contribution in [1.82, 2.24) is 0 Å². The molecule has 98 valence electrons. The molecular formula is C18H19Cl. The van der Waals surface area contributed by atoms with Gasteiger partial charge in [0.15, 0.2) is 0 Å². The van der Waals surface area contributed by atoms with Gasteiger partial charge in [-0.05, 0) is 46.6 Å². The molecule has 0 heterocycles. The van der Waals surface area contributed by atoms with Gasteiger partial charge in [0.25, 0.3) is 0 Å². The standard InChI is InChI=1S/C18H19Cl/c1-18(2)11-10-17(19)16(12-18)15-9-5-7-13-6-3-4-8-14(13)15/h3-9H,10-12H2,1-2H3. The van der Waals surface area contributed by atoms with Gasteiger partial charge in [0, 0.05) is 5.03 Å². The molecule has 1 aliphatic carbocycles. The minimum Gasteiger partial charge on any atom is -0.0888 e. The quantitative estimate of drug-likeness (QED) is 0.596. The van der Waals surface area contributed by atoms with E-state index >= 15 is 0 Å². The lowest BCUT2D eigenvalue weighted by Gasteiger charge is -2.32. The van der Waals surface area contributed by atoms with Crippen LogP contribution in [0.5, 0.6) is 0 Å². The summed E-state index contributed by atoms with van der Waals surface area (Å²) in [6, 6.07) is 15.1. The van der Waals surface area contributed by atoms with Crippen LogP contribution < -0.4 is 0 Å². The minimum atomic E-state index is 0.352. The number of halogens is 1. The largest absolute Gasteiger partial charge is 0.0888 e. The van der Waals surface area contributed by atoms with E-state index in [0.717, 1.165) is 17.9 Å². The summed E-state index contributed by atoms with van der Waals surface area (Å²) in [7, 11) is 0. The third-order valence-corrected chi connectivity index (χ3v) is 4.54. The monoisotopic (exact) mass is 270 g/mol. The van der Waals surface area contributed by atoms with Crippen molar-refractivity contribution in [2.45, 2.75) is 33.1 Å². The maximum atomic E-state index is 6.52. The molecule has 1 heteroatoms. The molecule has 0 unspecified atom stereocenters. The minimum absolute atomic E-state index is 0.352. The molecule has 1 aliphatic rings. The predicted octanol–water partition coefficient (Wildman–Crippen LogP) is 6.00. The fourth-order valence-electron chi connectivity index (χ4n) is 2.99. The van der Waals surface area contributed by atoms with Crippen LogP contribution >= 0.6 is 11.6 Å². The van der Waals surface area contributed by atoms with E-state index in [9.17, 15) is 0 Å². The van der Waals surface area contributed by atoms with Crippen molar-refractivity contribution in [3.05, 3.63) is 53.1 Å². The number of allylic oxidation sites excluding steroid dienone is 2. The highest BCUT2D eigenvalue weighted by atomic mass is 35.5. The molecule has 3 rings (SSSR count). The molecule has 0 aromatic heterocycles. The van der Waals surface area contributed by atoms with Gasteiger partial charge < -0.3 is 0 Å². The molecule has 0 N–H and O–H groups in total. The number of benzene rings is 2. The topological polar surface area (TPSA) is 0 Å². The van der Waals surface area contributed by atoms with Crippen LogP contribution in [0, 0.1) is 5.41 Å². The van der Waals surface area contributed by atoms with E-state index in [2.05, 4.69) is 56.3 Å². The lowest BCUT2D eigenvalue weighted by atomic mass is 9.75. The van der Waals surface area contributed by atoms with E-state index in [1.807, 2.05) is 0 Å². The number of fused-ring (bicyclic) bond motifs is 1. The third kappa shape index (κ3) is 2.42. The van der Waals surface area contributed by atoms with Crippen molar-refractivity contribution < 1.29 is 0 Å². The van der Waals surface area contributed by atoms with Crippen molar-refractivity contribution in [2.24, 2.45) is 5.41 Å². The van der Waals surface area contributed by atoms with Crippen molar-refractivity contribution in [3.63, 3.8) is 0 Å². The van der Waals surface area contributed by atoms with Crippen LogP contribution in [-0.2, 0) is 0 Å². The first-order valence-electron chi connectivity index (χ1n) is 6.92. The molecule has 19 heavy (non-hydrogen) atoms. The highest BCUT2D eigenvalue weighted by Gasteiger charge is 2.27. The highest BCUT2D eigenvalue weighted by molar-refractivity contribution is 6.33. The fourth-order valence-corrected chi connectivity index (χ4v) is 3.25. The first-order valence-corrected chi connectivity index (χ1v) is 7.30. The summed E-state index contributed by atoms with van der Waals surface area (Å²) < 4.78 is 0. The molecule has 0 saturated heterocycles. The molecule has 0 nitrogen and oxygen atoms in total. The van der Waals surface area contributed by atoms with E-state index in [1.54, 1.807) is 0 Å². The van der Waals surface area contributed by atoms with Gasteiger partial charge >= 0.3 is 0 Å². The van der Waals surface area contributed by atoms with E-state index < -0.39 is 0 Å². The van der Waals surface area contributed by atoms with Gasteiger partial charge in [0.1, 0.15) is 0 Å². The van der Waals surface area contributed by atoms with Gasteiger partial charge in [-0.2, -0.15) is 0 Å². The lowest BCUT2D eigenvalue weighted by Crippen LogP contribution is -2.16. The molecule has 0 saturated carbocycles. The van der Waals surface area contributed by atoms with Gasteiger partial charge in [-0.25, -0.2) is 0 Å². The van der Waals surface area contributed by atoms with E-state index in [4.69, 9.17) is 11.6 Å². The second-order valence-electron chi connectivity index (χ2n) is 6.25. The van der Waals surface area contributed by atoms with Crippen molar-refractivity contribution in [2.75, 3.05) is 0 Å². The zero-order chi connectivity index (χ0) is 13.5. The van der Waals surface area contributed by atoms with Crippen LogP contribution in [0.4, 0.5) is 0 Å². The Hall–Kier alpha value is -1.27. The Labute approximate surface area is 120 Å². The summed E-state index contributed by atoms with van der Waals surface area (Å²) in [5, 5.41) is 3.66. The van der Waals surface area contributed by atoms with Crippen molar-refractivity contribution in [3.8, 4) is 0 Å². The summed E-state index contributed by atoms with van der Waals surface area (Å²) in [4.78, 5) is 0. The van der Waals surface area contributed by atoms with Gasteiger partial charge in [-0.3, -0.25) is 0 Å². The average Bonchev–Trinajstić information content (AvgIpc) is 2.41. The normalized spacial score (nSPS) is 18.9. The Morgan fingerprint density at radius 2 is 1.74 bits per heavy atom. The maximum absolute atomic E-state index is 6.52. The van der Waals surface area contributed by atoms with Crippen LogP contribution in [0.2, 0.25) is 0 Å². The Morgan fingerprint density at radius 1 is 1.00 bits per heavy atom.